The molecule has 1 aromatic rings. The van der Waals surface area contributed by atoms with Gasteiger partial charge in [0.05, 0.1) is 0 Å². The molecule has 16 heavy (non-hydrogen) atoms. The van der Waals surface area contributed by atoms with Gasteiger partial charge in [0, 0.05) is 24.8 Å². The Kier molecular flexibility index (Phi) is 3.29. The van der Waals surface area contributed by atoms with Gasteiger partial charge in [-0.2, -0.15) is 0 Å². The van der Waals surface area contributed by atoms with Crippen LogP contribution < -0.4 is 10.2 Å². The Morgan fingerprint density at radius 3 is 2.81 bits per heavy atom. The van der Waals surface area contributed by atoms with Gasteiger partial charge >= 0.3 is 6.09 Å². The van der Waals surface area contributed by atoms with Crippen LogP contribution in [0.1, 0.15) is 12.8 Å². The van der Waals surface area contributed by atoms with Gasteiger partial charge in [0.1, 0.15) is 0 Å². The fraction of sp³-hybridized carbons (Fsp3) is 0.417. The molecule has 2 N–H and O–H groups in total. The van der Waals surface area contributed by atoms with Crippen molar-refractivity contribution in [2.45, 2.75) is 18.9 Å². The van der Waals surface area contributed by atoms with E-state index in [9.17, 15) is 4.79 Å². The largest absolute Gasteiger partial charge is 0.465 e. The highest BCUT2D eigenvalue weighted by Gasteiger charge is 2.20. The number of para-hydroxylation sites is 1. The molecule has 0 radical (unpaired) electrons. The van der Waals surface area contributed by atoms with E-state index < -0.39 is 6.09 Å². The molecule has 0 aromatic heterocycles. The SMILES string of the molecule is O=C(O)NC1CCCN(c2ccccc2)C1. The van der Waals surface area contributed by atoms with Crippen LogP contribution in [-0.2, 0) is 0 Å². The molecular formula is C12H16N2O2. The number of hydrogen-bond donors (Lipinski definition) is 2. The molecule has 1 heterocycles. The summed E-state index contributed by atoms with van der Waals surface area (Å²) >= 11 is 0. The van der Waals surface area contributed by atoms with Crippen LogP contribution in [0.2, 0.25) is 0 Å². The molecule has 4 nitrogen and oxygen atoms in total. The third kappa shape index (κ3) is 2.66. The van der Waals surface area contributed by atoms with Gasteiger partial charge in [-0.1, -0.05) is 18.2 Å². The lowest BCUT2D eigenvalue weighted by molar-refractivity contribution is 0.188. The number of nitrogens with one attached hydrogen (secondary N) is 1. The molecule has 0 spiro atoms. The molecule has 1 fully saturated rings. The number of anilines is 1. The molecule has 1 aliphatic heterocycles. The van der Waals surface area contributed by atoms with Crippen LogP contribution in [0.4, 0.5) is 10.5 Å². The lowest BCUT2D eigenvalue weighted by atomic mass is 10.1. The van der Waals surface area contributed by atoms with Crippen LogP contribution in [0, 0.1) is 0 Å². The van der Waals surface area contributed by atoms with Crippen molar-refractivity contribution in [3.8, 4) is 0 Å². The first-order valence-electron chi connectivity index (χ1n) is 5.55. The maximum Gasteiger partial charge on any atom is 0.404 e. The molecule has 2 rings (SSSR count). The Hall–Kier alpha value is -1.71. The molecule has 1 aliphatic rings. The average molecular weight is 220 g/mol. The number of benzene rings is 1. The highest BCUT2D eigenvalue weighted by molar-refractivity contribution is 5.65. The normalized spacial score (nSPS) is 20.5. The van der Waals surface area contributed by atoms with Crippen LogP contribution in [0.3, 0.4) is 0 Å². The van der Waals surface area contributed by atoms with Gasteiger partial charge in [0.15, 0.2) is 0 Å². The molecule has 0 saturated carbocycles. The Morgan fingerprint density at radius 1 is 1.38 bits per heavy atom. The average Bonchev–Trinajstić information content (AvgIpc) is 2.30. The molecule has 1 amide bonds. The molecular weight excluding hydrogens is 204 g/mol. The van der Waals surface area contributed by atoms with Crippen LogP contribution >= 0.6 is 0 Å². The second-order valence-electron chi connectivity index (χ2n) is 4.07. The number of rotatable bonds is 2. The molecule has 1 aromatic carbocycles. The Balaban J connectivity index is 1.99. The summed E-state index contributed by atoms with van der Waals surface area (Å²) in [6.07, 6.45) is 1.02. The highest BCUT2D eigenvalue weighted by Crippen LogP contribution is 2.19. The van der Waals surface area contributed by atoms with E-state index in [1.54, 1.807) is 0 Å². The van der Waals surface area contributed by atoms with E-state index in [0.29, 0.717) is 0 Å². The third-order valence-electron chi connectivity index (χ3n) is 2.87. The lowest BCUT2D eigenvalue weighted by Crippen LogP contribution is -2.47. The first-order valence-corrected chi connectivity index (χ1v) is 5.55. The summed E-state index contributed by atoms with van der Waals surface area (Å²) in [5, 5.41) is 11.2. The van der Waals surface area contributed by atoms with Crippen molar-refractivity contribution in [1.82, 2.24) is 5.32 Å². The summed E-state index contributed by atoms with van der Waals surface area (Å²) in [6, 6.07) is 10.2. The summed E-state index contributed by atoms with van der Waals surface area (Å²) in [7, 11) is 0. The first-order chi connectivity index (χ1) is 7.75. The number of piperidine rings is 1. The summed E-state index contributed by atoms with van der Waals surface area (Å²) in [5.74, 6) is 0. The minimum Gasteiger partial charge on any atom is -0.465 e. The predicted octanol–water partition coefficient (Wildman–Crippen LogP) is 1.92. The molecule has 4 heteroatoms. The molecule has 0 bridgehead atoms. The van der Waals surface area contributed by atoms with Crippen molar-refractivity contribution >= 4 is 11.8 Å². The van der Waals surface area contributed by atoms with Crippen LogP contribution in [0.25, 0.3) is 0 Å². The maximum atomic E-state index is 10.6. The highest BCUT2D eigenvalue weighted by atomic mass is 16.4. The molecule has 1 saturated heterocycles. The van der Waals surface area contributed by atoms with Gasteiger partial charge in [-0.15, -0.1) is 0 Å². The number of hydrogen-bond acceptors (Lipinski definition) is 2. The van der Waals surface area contributed by atoms with Crippen molar-refractivity contribution in [2.24, 2.45) is 0 Å². The fourth-order valence-corrected chi connectivity index (χ4v) is 2.14. The smallest absolute Gasteiger partial charge is 0.404 e. The van der Waals surface area contributed by atoms with Crippen LogP contribution in [-0.4, -0.2) is 30.3 Å². The predicted molar refractivity (Wildman–Crippen MR) is 62.8 cm³/mol. The number of nitrogens with zero attached hydrogens (tertiary/aromatic N) is 1. The quantitative estimate of drug-likeness (QED) is 0.800. The van der Waals surface area contributed by atoms with Crippen LogP contribution in [0.15, 0.2) is 30.3 Å². The first kappa shape index (κ1) is 10.8. The number of carboxylic acid groups (broad SMARTS) is 1. The van der Waals surface area contributed by atoms with Crippen molar-refractivity contribution in [3.63, 3.8) is 0 Å². The van der Waals surface area contributed by atoms with Gasteiger partial charge < -0.3 is 15.3 Å². The Morgan fingerprint density at radius 2 is 2.12 bits per heavy atom. The van der Waals surface area contributed by atoms with Crippen molar-refractivity contribution < 1.29 is 9.90 Å². The summed E-state index contributed by atoms with van der Waals surface area (Å²) < 4.78 is 0. The van der Waals surface area contributed by atoms with Crippen molar-refractivity contribution in [1.29, 1.82) is 0 Å². The maximum absolute atomic E-state index is 10.6. The van der Waals surface area contributed by atoms with Crippen LogP contribution in [0.5, 0.6) is 0 Å². The zero-order chi connectivity index (χ0) is 11.4. The minimum absolute atomic E-state index is 0.0476. The molecule has 0 aliphatic carbocycles. The topological polar surface area (TPSA) is 52.6 Å². The van der Waals surface area contributed by atoms with Gasteiger partial charge in [-0.25, -0.2) is 4.79 Å². The molecule has 1 unspecified atom stereocenters. The van der Waals surface area contributed by atoms with Gasteiger partial charge in [0.25, 0.3) is 0 Å². The monoisotopic (exact) mass is 220 g/mol. The van der Waals surface area contributed by atoms with E-state index in [-0.39, 0.29) is 6.04 Å². The van der Waals surface area contributed by atoms with Crippen molar-refractivity contribution in [3.05, 3.63) is 30.3 Å². The summed E-state index contributed by atoms with van der Waals surface area (Å²) in [4.78, 5) is 12.8. The van der Waals surface area contributed by atoms with E-state index >= 15 is 0 Å². The minimum atomic E-state index is -0.931. The Labute approximate surface area is 94.9 Å². The standard InChI is InChI=1S/C12H16N2O2/c15-12(16)13-10-5-4-8-14(9-10)11-6-2-1-3-7-11/h1-3,6-7,10,13H,4-5,8-9H2,(H,15,16). The second-order valence-corrected chi connectivity index (χ2v) is 4.07. The lowest BCUT2D eigenvalue weighted by Gasteiger charge is -2.34. The van der Waals surface area contributed by atoms with Crippen molar-refractivity contribution in [2.75, 3.05) is 18.0 Å². The van der Waals surface area contributed by atoms with Gasteiger partial charge in [-0.3, -0.25) is 0 Å². The molecule has 86 valence electrons. The summed E-state index contributed by atoms with van der Waals surface area (Å²) in [6.45, 7) is 1.76. The Bertz CT molecular complexity index is 353. The summed E-state index contributed by atoms with van der Waals surface area (Å²) in [5.41, 5.74) is 1.17. The van der Waals surface area contributed by atoms with E-state index in [0.717, 1.165) is 25.9 Å². The molecule has 1 atom stereocenters. The fourth-order valence-electron chi connectivity index (χ4n) is 2.14. The zero-order valence-electron chi connectivity index (χ0n) is 9.10. The van der Waals surface area contributed by atoms with E-state index in [4.69, 9.17) is 5.11 Å². The third-order valence-corrected chi connectivity index (χ3v) is 2.87. The number of amides is 1. The van der Waals surface area contributed by atoms with Gasteiger partial charge in [-0.05, 0) is 25.0 Å². The van der Waals surface area contributed by atoms with Gasteiger partial charge in [0.2, 0.25) is 0 Å². The van der Waals surface area contributed by atoms with E-state index in [2.05, 4.69) is 22.3 Å². The second kappa shape index (κ2) is 4.88. The van der Waals surface area contributed by atoms with E-state index in [1.807, 2.05) is 18.2 Å². The number of carbonyl (C=O) groups is 1. The van der Waals surface area contributed by atoms with E-state index in [1.165, 1.54) is 5.69 Å². The zero-order valence-corrected chi connectivity index (χ0v) is 9.10.